The Kier molecular flexibility index (Phi) is 9.81. The Morgan fingerprint density at radius 2 is 1.62 bits per heavy atom. The van der Waals surface area contributed by atoms with Crippen molar-refractivity contribution < 1.29 is 14.6 Å². The number of Topliss-reactive ketones (excluding diaryl/α,β-unsaturated/α-hetero) is 1. The average Bonchev–Trinajstić information content (AvgIpc) is 3.07. The van der Waals surface area contributed by atoms with Gasteiger partial charge in [0.2, 0.25) is 0 Å². The Morgan fingerprint density at radius 1 is 1.08 bits per heavy atom. The summed E-state index contributed by atoms with van der Waals surface area (Å²) in [5.41, 5.74) is 3.54. The molecule has 0 aromatic heterocycles. The molecule has 1 heterocycles. The number of amidine groups is 1. The minimum absolute atomic E-state index is 0. The molecule has 37 heavy (non-hydrogen) atoms. The van der Waals surface area contributed by atoms with Crippen molar-refractivity contribution >= 4 is 34.7 Å². The number of carbonyl (C=O) groups excluding carboxylic acids is 1. The standard InChI is InChI=1S/C31H42N2O3.BrH/c1-9-10-21-18-33(29(32)24(21)15-20-11-13-23(36-8)14-12-20)19-27(34)22-16-25(30(2,3)4)28(35)26(17-22)31(5,6)7;/h11-17,21,32,35H,9-10,18-19H2,1-8H3;1H/b24-15+,32-29?;. The van der Waals surface area contributed by atoms with Gasteiger partial charge >= 0.3 is 0 Å². The number of aromatic hydroxyl groups is 1. The van der Waals surface area contributed by atoms with Crippen molar-refractivity contribution in [3.63, 3.8) is 0 Å². The number of rotatable bonds is 7. The first-order chi connectivity index (χ1) is 16.8. The first-order valence-corrected chi connectivity index (χ1v) is 12.9. The summed E-state index contributed by atoms with van der Waals surface area (Å²) < 4.78 is 5.26. The molecular weight excluding hydrogens is 528 g/mol. The zero-order valence-corrected chi connectivity index (χ0v) is 25.3. The van der Waals surface area contributed by atoms with Crippen LogP contribution in [0.25, 0.3) is 6.08 Å². The summed E-state index contributed by atoms with van der Waals surface area (Å²) in [6.07, 6.45) is 4.06. The quantitative estimate of drug-likeness (QED) is 0.337. The predicted octanol–water partition coefficient (Wildman–Crippen LogP) is 7.55. The van der Waals surface area contributed by atoms with E-state index in [1.54, 1.807) is 7.11 Å². The van der Waals surface area contributed by atoms with Crippen LogP contribution >= 0.6 is 17.0 Å². The topological polar surface area (TPSA) is 73.6 Å². The van der Waals surface area contributed by atoms with E-state index in [4.69, 9.17) is 10.1 Å². The molecule has 1 saturated heterocycles. The number of nitrogens with one attached hydrogen (secondary N) is 1. The van der Waals surface area contributed by atoms with Crippen molar-refractivity contribution in [2.45, 2.75) is 72.1 Å². The van der Waals surface area contributed by atoms with Gasteiger partial charge in [0.1, 0.15) is 17.3 Å². The Hall–Kier alpha value is -2.60. The van der Waals surface area contributed by atoms with Gasteiger partial charge in [-0.25, -0.2) is 0 Å². The Balaban J connectivity index is 0.00000481. The lowest BCUT2D eigenvalue weighted by Crippen LogP contribution is -2.31. The van der Waals surface area contributed by atoms with E-state index in [9.17, 15) is 9.90 Å². The molecular formula is C31H43BrN2O3. The summed E-state index contributed by atoms with van der Waals surface area (Å²) in [5, 5.41) is 19.9. The lowest BCUT2D eigenvalue weighted by Gasteiger charge is -2.28. The maximum Gasteiger partial charge on any atom is 0.182 e. The van der Waals surface area contributed by atoms with Gasteiger partial charge in [0.15, 0.2) is 5.78 Å². The summed E-state index contributed by atoms with van der Waals surface area (Å²) in [5.74, 6) is 1.68. The molecule has 6 heteroatoms. The molecule has 0 radical (unpaired) electrons. The fourth-order valence-electron chi connectivity index (χ4n) is 4.84. The minimum Gasteiger partial charge on any atom is -0.507 e. The fourth-order valence-corrected chi connectivity index (χ4v) is 4.84. The molecule has 3 rings (SSSR count). The highest BCUT2D eigenvalue weighted by Crippen LogP contribution is 2.40. The second-order valence-corrected chi connectivity index (χ2v) is 11.9. The van der Waals surface area contributed by atoms with Crippen LogP contribution in [0.5, 0.6) is 11.5 Å². The normalized spacial score (nSPS) is 17.2. The van der Waals surface area contributed by atoms with E-state index < -0.39 is 0 Å². The van der Waals surface area contributed by atoms with Crippen LogP contribution in [0, 0.1) is 11.3 Å². The van der Waals surface area contributed by atoms with Crippen LogP contribution in [0.1, 0.15) is 88.4 Å². The van der Waals surface area contributed by atoms with Gasteiger partial charge in [-0.2, -0.15) is 0 Å². The summed E-state index contributed by atoms with van der Waals surface area (Å²) in [7, 11) is 1.65. The number of halogens is 1. The minimum atomic E-state index is -0.304. The number of methoxy groups -OCH3 is 1. The van der Waals surface area contributed by atoms with Crippen molar-refractivity contribution in [2.24, 2.45) is 5.92 Å². The van der Waals surface area contributed by atoms with E-state index in [0.717, 1.165) is 40.9 Å². The second-order valence-electron chi connectivity index (χ2n) is 11.9. The van der Waals surface area contributed by atoms with Gasteiger partial charge in [-0.05, 0) is 58.7 Å². The largest absolute Gasteiger partial charge is 0.507 e. The number of hydrogen-bond acceptors (Lipinski definition) is 4. The van der Waals surface area contributed by atoms with Crippen LogP contribution in [-0.4, -0.2) is 41.8 Å². The van der Waals surface area contributed by atoms with Crippen molar-refractivity contribution in [2.75, 3.05) is 20.2 Å². The van der Waals surface area contributed by atoms with Crippen LogP contribution in [0.15, 0.2) is 42.0 Å². The Labute approximate surface area is 233 Å². The third-order valence-electron chi connectivity index (χ3n) is 6.93. The van der Waals surface area contributed by atoms with Gasteiger partial charge in [-0.15, -0.1) is 17.0 Å². The maximum absolute atomic E-state index is 13.6. The van der Waals surface area contributed by atoms with Crippen molar-refractivity contribution in [3.8, 4) is 11.5 Å². The Morgan fingerprint density at radius 3 is 2.08 bits per heavy atom. The van der Waals surface area contributed by atoms with E-state index in [1.165, 1.54) is 0 Å². The van der Waals surface area contributed by atoms with E-state index in [2.05, 4.69) is 13.0 Å². The average molecular weight is 572 g/mol. The zero-order valence-electron chi connectivity index (χ0n) is 23.6. The van der Waals surface area contributed by atoms with Crippen LogP contribution in [-0.2, 0) is 10.8 Å². The Bertz CT molecular complexity index is 1120. The number of phenols is 1. The lowest BCUT2D eigenvalue weighted by molar-refractivity contribution is 0.0963. The summed E-state index contributed by atoms with van der Waals surface area (Å²) in [6.45, 7) is 15.2. The SMILES string of the molecule is Br.CCCC1CN(CC(=O)c2cc(C(C)(C)C)c(O)c(C(C)(C)C)c2)C(=N)/C1=C/c1ccc(OC)cc1. The second kappa shape index (κ2) is 11.8. The van der Waals surface area contributed by atoms with Crippen molar-refractivity contribution in [3.05, 3.63) is 64.2 Å². The molecule has 5 nitrogen and oxygen atoms in total. The number of ether oxygens (including phenoxy) is 1. The molecule has 0 aliphatic carbocycles. The molecule has 2 aromatic rings. The molecule has 1 unspecified atom stereocenters. The molecule has 0 saturated carbocycles. The van der Waals surface area contributed by atoms with E-state index in [-0.39, 0.29) is 51.8 Å². The molecule has 202 valence electrons. The smallest absolute Gasteiger partial charge is 0.182 e. The highest BCUT2D eigenvalue weighted by molar-refractivity contribution is 8.93. The maximum atomic E-state index is 13.6. The predicted molar refractivity (Wildman–Crippen MR) is 159 cm³/mol. The number of likely N-dealkylation sites (tertiary alicyclic amines) is 1. The lowest BCUT2D eigenvalue weighted by atomic mass is 9.78. The first kappa shape index (κ1) is 30.6. The van der Waals surface area contributed by atoms with Gasteiger partial charge in [0.05, 0.1) is 13.7 Å². The number of ketones is 1. The van der Waals surface area contributed by atoms with Gasteiger partial charge < -0.3 is 14.7 Å². The fraction of sp³-hybridized carbons (Fsp3) is 0.484. The molecule has 1 aliphatic heterocycles. The van der Waals surface area contributed by atoms with E-state index >= 15 is 0 Å². The molecule has 1 fully saturated rings. The van der Waals surface area contributed by atoms with Crippen LogP contribution in [0.3, 0.4) is 0 Å². The van der Waals surface area contributed by atoms with Crippen molar-refractivity contribution in [1.82, 2.24) is 4.90 Å². The molecule has 1 atom stereocenters. The van der Waals surface area contributed by atoms with E-state index in [0.29, 0.717) is 17.9 Å². The van der Waals surface area contributed by atoms with Crippen LogP contribution in [0.2, 0.25) is 0 Å². The van der Waals surface area contributed by atoms with E-state index in [1.807, 2.05) is 82.8 Å². The van der Waals surface area contributed by atoms with Gasteiger partial charge in [-0.1, -0.05) is 67.0 Å². The number of nitrogens with zero attached hydrogens (tertiary/aromatic N) is 1. The number of hydrogen-bond donors (Lipinski definition) is 2. The van der Waals surface area contributed by atoms with Crippen LogP contribution < -0.4 is 4.74 Å². The van der Waals surface area contributed by atoms with Gasteiger partial charge in [0, 0.05) is 29.2 Å². The number of benzene rings is 2. The molecule has 0 spiro atoms. The monoisotopic (exact) mass is 570 g/mol. The number of phenolic OH excluding ortho intramolecular Hbond substituents is 1. The number of carbonyl (C=O) groups is 1. The molecule has 0 amide bonds. The molecule has 2 aromatic carbocycles. The summed E-state index contributed by atoms with van der Waals surface area (Å²) in [4.78, 5) is 15.5. The van der Waals surface area contributed by atoms with Gasteiger partial charge in [0.25, 0.3) is 0 Å². The highest BCUT2D eigenvalue weighted by atomic mass is 79.9. The van der Waals surface area contributed by atoms with Gasteiger partial charge in [-0.3, -0.25) is 10.2 Å². The third-order valence-corrected chi connectivity index (χ3v) is 6.93. The molecule has 2 N–H and O–H groups in total. The van der Waals surface area contributed by atoms with Crippen LogP contribution in [0.4, 0.5) is 0 Å². The zero-order chi connectivity index (χ0) is 26.8. The molecule has 0 bridgehead atoms. The first-order valence-electron chi connectivity index (χ1n) is 12.9. The van der Waals surface area contributed by atoms with Crippen molar-refractivity contribution in [1.29, 1.82) is 5.41 Å². The third kappa shape index (κ3) is 7.04. The molecule has 1 aliphatic rings. The summed E-state index contributed by atoms with van der Waals surface area (Å²) in [6, 6.07) is 11.5. The highest BCUT2D eigenvalue weighted by Gasteiger charge is 2.34. The summed E-state index contributed by atoms with van der Waals surface area (Å²) >= 11 is 0.